The van der Waals surface area contributed by atoms with Gasteiger partial charge in [0.05, 0.1) is 11.2 Å². The minimum absolute atomic E-state index is 0.0157. The molecule has 0 unspecified atom stereocenters. The van der Waals surface area contributed by atoms with Crippen LogP contribution in [0.25, 0.3) is 0 Å². The van der Waals surface area contributed by atoms with E-state index in [1.165, 1.54) is 24.8 Å². The van der Waals surface area contributed by atoms with Gasteiger partial charge in [0.15, 0.2) is 0 Å². The van der Waals surface area contributed by atoms with E-state index in [1.807, 2.05) is 0 Å². The molecule has 5 rings (SSSR count). The Hall–Kier alpha value is -0.795. The van der Waals surface area contributed by atoms with Crippen molar-refractivity contribution in [3.8, 4) is 0 Å². The van der Waals surface area contributed by atoms with E-state index in [-0.39, 0.29) is 23.6 Å². The number of hydrogen-bond donors (Lipinski definition) is 0. The highest BCUT2D eigenvalue weighted by Gasteiger charge is 2.76. The van der Waals surface area contributed by atoms with E-state index in [4.69, 9.17) is 9.31 Å². The van der Waals surface area contributed by atoms with Crippen LogP contribution in [-0.2, 0) is 14.7 Å². The molecule has 106 valence electrons. The molecule has 1 heterocycles. The summed E-state index contributed by atoms with van der Waals surface area (Å²) < 4.78 is 12.5. The van der Waals surface area contributed by atoms with Crippen LogP contribution in [0, 0.1) is 0 Å². The van der Waals surface area contributed by atoms with Gasteiger partial charge in [-0.1, -0.05) is 30.3 Å². The zero-order valence-corrected chi connectivity index (χ0v) is 12.9. The predicted octanol–water partition coefficient (Wildman–Crippen LogP) is 3.95. The third-order valence-corrected chi connectivity index (χ3v) is 6.21. The Kier molecular flexibility index (Phi) is 2.26. The summed E-state index contributed by atoms with van der Waals surface area (Å²) in [5.74, 6) is 0. The van der Waals surface area contributed by atoms with Crippen LogP contribution in [0.3, 0.4) is 0 Å². The van der Waals surface area contributed by atoms with Gasteiger partial charge < -0.3 is 9.31 Å². The number of rotatable bonds is 2. The summed E-state index contributed by atoms with van der Waals surface area (Å²) in [7, 11) is -0.0157. The van der Waals surface area contributed by atoms with E-state index in [9.17, 15) is 0 Å². The van der Waals surface area contributed by atoms with Crippen molar-refractivity contribution in [2.75, 3.05) is 0 Å². The Morgan fingerprint density at radius 1 is 0.850 bits per heavy atom. The molecule has 0 radical (unpaired) electrons. The lowest BCUT2D eigenvalue weighted by Crippen LogP contribution is -2.66. The largest absolute Gasteiger partial charge is 0.464 e. The second kappa shape index (κ2) is 3.51. The molecule has 0 N–H and O–H groups in total. The average Bonchev–Trinajstić information content (AvgIpc) is 2.45. The maximum Gasteiger partial charge on any atom is 0.464 e. The van der Waals surface area contributed by atoms with Crippen molar-refractivity contribution >= 4 is 7.12 Å². The van der Waals surface area contributed by atoms with Gasteiger partial charge in [-0.2, -0.15) is 0 Å². The van der Waals surface area contributed by atoms with Crippen LogP contribution in [0.15, 0.2) is 30.3 Å². The summed E-state index contributed by atoms with van der Waals surface area (Å²) >= 11 is 0. The molecule has 0 spiro atoms. The molecule has 1 aliphatic heterocycles. The summed E-state index contributed by atoms with van der Waals surface area (Å²) in [6, 6.07) is 10.9. The quantitative estimate of drug-likeness (QED) is 0.757. The third-order valence-electron chi connectivity index (χ3n) is 6.21. The summed E-state index contributed by atoms with van der Waals surface area (Å²) in [6.07, 6.45) is 3.67. The Morgan fingerprint density at radius 2 is 1.35 bits per heavy atom. The highest BCUT2D eigenvalue weighted by Crippen LogP contribution is 2.80. The second-order valence-electron chi connectivity index (χ2n) is 8.13. The van der Waals surface area contributed by atoms with Gasteiger partial charge in [0, 0.05) is 5.31 Å². The number of hydrogen-bond acceptors (Lipinski definition) is 2. The lowest BCUT2D eigenvalue weighted by molar-refractivity contribution is -0.0383. The van der Waals surface area contributed by atoms with Crippen molar-refractivity contribution in [3.63, 3.8) is 0 Å². The van der Waals surface area contributed by atoms with Gasteiger partial charge in [0.1, 0.15) is 0 Å². The summed E-state index contributed by atoms with van der Waals surface area (Å²) in [4.78, 5) is 0. The van der Waals surface area contributed by atoms with Crippen LogP contribution in [-0.4, -0.2) is 18.3 Å². The Balaban J connectivity index is 1.51. The molecule has 1 saturated heterocycles. The molecule has 0 aromatic heterocycles. The van der Waals surface area contributed by atoms with Gasteiger partial charge in [-0.25, -0.2) is 0 Å². The molecule has 20 heavy (non-hydrogen) atoms. The topological polar surface area (TPSA) is 18.5 Å². The molecular formula is C17H23BO2. The monoisotopic (exact) mass is 270 g/mol. The molecule has 1 aromatic rings. The van der Waals surface area contributed by atoms with Gasteiger partial charge >= 0.3 is 7.12 Å². The van der Waals surface area contributed by atoms with Crippen LogP contribution in [0.5, 0.6) is 0 Å². The first-order chi connectivity index (χ1) is 9.29. The van der Waals surface area contributed by atoms with Gasteiger partial charge in [-0.05, 0) is 57.9 Å². The predicted molar refractivity (Wildman–Crippen MR) is 80.7 cm³/mol. The van der Waals surface area contributed by atoms with Crippen molar-refractivity contribution in [3.05, 3.63) is 35.9 Å². The van der Waals surface area contributed by atoms with E-state index in [0.717, 1.165) is 0 Å². The molecule has 2 bridgehead atoms. The molecule has 0 amide bonds. The molecule has 4 aliphatic rings. The van der Waals surface area contributed by atoms with Crippen molar-refractivity contribution in [2.45, 2.75) is 68.9 Å². The summed E-state index contributed by atoms with van der Waals surface area (Å²) in [6.45, 7) is 8.58. The van der Waals surface area contributed by atoms with Crippen LogP contribution < -0.4 is 0 Å². The first-order valence-electron chi connectivity index (χ1n) is 7.70. The van der Waals surface area contributed by atoms with E-state index in [2.05, 4.69) is 58.0 Å². The zero-order chi connectivity index (χ0) is 14.2. The molecule has 3 saturated carbocycles. The van der Waals surface area contributed by atoms with E-state index in [1.54, 1.807) is 0 Å². The lowest BCUT2D eigenvalue weighted by Gasteiger charge is -2.71. The second-order valence-corrected chi connectivity index (χ2v) is 8.13. The molecular weight excluding hydrogens is 247 g/mol. The third kappa shape index (κ3) is 1.43. The number of benzene rings is 1. The van der Waals surface area contributed by atoms with Gasteiger partial charge in [0.25, 0.3) is 0 Å². The molecule has 4 fully saturated rings. The fourth-order valence-electron chi connectivity index (χ4n) is 4.31. The fourth-order valence-corrected chi connectivity index (χ4v) is 4.31. The highest BCUT2D eigenvalue weighted by molar-refractivity contribution is 6.51. The van der Waals surface area contributed by atoms with Crippen LogP contribution in [0.4, 0.5) is 0 Å². The maximum absolute atomic E-state index is 6.27. The Bertz CT molecular complexity index is 514. The van der Waals surface area contributed by atoms with Gasteiger partial charge in [-0.15, -0.1) is 0 Å². The van der Waals surface area contributed by atoms with Crippen molar-refractivity contribution in [2.24, 2.45) is 0 Å². The SMILES string of the molecule is CC1(C)OB(C23CC(c4ccccc4)(C2)C3)OC1(C)C. The lowest BCUT2D eigenvalue weighted by atomic mass is 9.23. The smallest absolute Gasteiger partial charge is 0.403 e. The van der Waals surface area contributed by atoms with Crippen LogP contribution in [0.2, 0.25) is 5.31 Å². The first kappa shape index (κ1) is 12.9. The molecule has 1 aromatic carbocycles. The molecule has 0 atom stereocenters. The van der Waals surface area contributed by atoms with Crippen molar-refractivity contribution < 1.29 is 9.31 Å². The minimum Gasteiger partial charge on any atom is -0.403 e. The van der Waals surface area contributed by atoms with Crippen LogP contribution >= 0.6 is 0 Å². The average molecular weight is 270 g/mol. The van der Waals surface area contributed by atoms with Gasteiger partial charge in [0.2, 0.25) is 0 Å². The molecule has 3 aliphatic carbocycles. The standard InChI is InChI=1S/C17H23BO2/c1-14(2)15(3,4)20-18(19-14)17-10-16(11-17,12-17)13-8-6-5-7-9-13/h5-9H,10-12H2,1-4H3. The molecule has 2 nitrogen and oxygen atoms in total. The Labute approximate surface area is 122 Å². The van der Waals surface area contributed by atoms with Crippen molar-refractivity contribution in [1.29, 1.82) is 0 Å². The van der Waals surface area contributed by atoms with Crippen molar-refractivity contribution in [1.82, 2.24) is 0 Å². The van der Waals surface area contributed by atoms with E-state index in [0.29, 0.717) is 5.41 Å². The highest BCUT2D eigenvalue weighted by atomic mass is 16.7. The maximum atomic E-state index is 6.27. The van der Waals surface area contributed by atoms with Crippen LogP contribution in [0.1, 0.15) is 52.5 Å². The normalized spacial score (nSPS) is 40.1. The molecule has 3 heteroatoms. The van der Waals surface area contributed by atoms with Gasteiger partial charge in [-0.3, -0.25) is 0 Å². The first-order valence-corrected chi connectivity index (χ1v) is 7.70. The summed E-state index contributed by atoms with van der Waals surface area (Å²) in [5, 5.41) is 0.279. The van der Waals surface area contributed by atoms with E-state index < -0.39 is 0 Å². The zero-order valence-electron chi connectivity index (χ0n) is 12.9. The van der Waals surface area contributed by atoms with E-state index >= 15 is 0 Å². The minimum atomic E-state index is -0.201. The fraction of sp³-hybridized carbons (Fsp3) is 0.647. The summed E-state index contributed by atoms with van der Waals surface area (Å²) in [5.41, 5.74) is 1.52. The Morgan fingerprint density at radius 3 is 1.85 bits per heavy atom.